The summed E-state index contributed by atoms with van der Waals surface area (Å²) in [5, 5.41) is 72.2. The van der Waals surface area contributed by atoms with Crippen LogP contribution >= 0.6 is 0 Å². The van der Waals surface area contributed by atoms with Gasteiger partial charge in [0.15, 0.2) is 12.6 Å². The van der Waals surface area contributed by atoms with Crippen molar-refractivity contribution in [3.8, 4) is 0 Å². The van der Waals surface area contributed by atoms with Crippen molar-refractivity contribution in [3.05, 3.63) is 72.9 Å². The van der Waals surface area contributed by atoms with E-state index in [1.54, 1.807) is 0 Å². The fourth-order valence-corrected chi connectivity index (χ4v) is 8.25. The van der Waals surface area contributed by atoms with Crippen LogP contribution in [0.1, 0.15) is 181 Å². The van der Waals surface area contributed by atoms with E-state index in [2.05, 4.69) is 86.8 Å². The Morgan fingerprint density at radius 1 is 0.479 bits per heavy atom. The monoisotopic (exact) mass is 1010 g/mol. The highest BCUT2D eigenvalue weighted by Gasteiger charge is 2.47. The number of allylic oxidation sites excluding steroid dienone is 12. The average Bonchev–Trinajstić information content (AvgIpc) is 3.37. The summed E-state index contributed by atoms with van der Waals surface area (Å²) in [5.41, 5.74) is 0. The molecule has 2 aliphatic heterocycles. The molecule has 0 spiro atoms. The average molecular weight is 1010 g/mol. The molecule has 2 rings (SSSR count). The van der Waals surface area contributed by atoms with Gasteiger partial charge in [0.05, 0.1) is 26.4 Å². The van der Waals surface area contributed by atoms with Gasteiger partial charge in [-0.1, -0.05) is 164 Å². The maximum absolute atomic E-state index is 13.1. The number of unbranched alkanes of at least 4 members (excludes halogenated alkanes) is 17. The Labute approximate surface area is 427 Å². The van der Waals surface area contributed by atoms with E-state index < -0.39 is 86.7 Å². The maximum atomic E-state index is 13.1. The van der Waals surface area contributed by atoms with Crippen LogP contribution in [0.15, 0.2) is 72.9 Å². The van der Waals surface area contributed by atoms with Crippen molar-refractivity contribution in [2.24, 2.45) is 0 Å². The SMILES string of the molecule is CC/C=C\C/C=C\C/C=C\C/C=C\CCCCCOCC(COC1OC(COC2OC(CO)C(O)C(O)C2O)C(O)C(O)C1O)OC(=O)CCCCCCCCCCC/C=C\C/C=C\CCCCCCC. The Morgan fingerprint density at radius 3 is 1.44 bits per heavy atom. The van der Waals surface area contributed by atoms with Gasteiger partial charge in [-0.25, -0.2) is 0 Å². The Bertz CT molecular complexity index is 1450. The van der Waals surface area contributed by atoms with Gasteiger partial charge in [0.1, 0.15) is 54.9 Å². The number of aliphatic hydroxyl groups is 7. The molecule has 410 valence electrons. The zero-order valence-corrected chi connectivity index (χ0v) is 43.7. The van der Waals surface area contributed by atoms with Crippen LogP contribution in [-0.4, -0.2) is 142 Å². The number of aliphatic hydroxyl groups excluding tert-OH is 7. The molecule has 0 aromatic carbocycles. The van der Waals surface area contributed by atoms with Crippen LogP contribution < -0.4 is 0 Å². The van der Waals surface area contributed by atoms with Gasteiger partial charge in [0.25, 0.3) is 0 Å². The quantitative estimate of drug-likeness (QED) is 0.0173. The van der Waals surface area contributed by atoms with Crippen LogP contribution in [-0.2, 0) is 33.2 Å². The zero-order chi connectivity index (χ0) is 51.6. The van der Waals surface area contributed by atoms with Gasteiger partial charge in [-0.2, -0.15) is 0 Å². The van der Waals surface area contributed by atoms with Crippen molar-refractivity contribution in [1.82, 2.24) is 0 Å². The van der Waals surface area contributed by atoms with E-state index in [9.17, 15) is 40.5 Å². The summed E-state index contributed by atoms with van der Waals surface area (Å²) in [6.07, 6.45) is 38.2. The van der Waals surface area contributed by atoms with E-state index >= 15 is 0 Å². The van der Waals surface area contributed by atoms with Gasteiger partial charge in [0, 0.05) is 13.0 Å². The molecule has 0 saturated carbocycles. The van der Waals surface area contributed by atoms with Gasteiger partial charge in [-0.15, -0.1) is 0 Å². The Hall–Kier alpha value is -2.57. The summed E-state index contributed by atoms with van der Waals surface area (Å²) < 4.78 is 34.3. The van der Waals surface area contributed by atoms with Crippen molar-refractivity contribution in [1.29, 1.82) is 0 Å². The molecular weight excluding hydrogens is 909 g/mol. The van der Waals surface area contributed by atoms with E-state index in [0.29, 0.717) is 13.0 Å². The van der Waals surface area contributed by atoms with Gasteiger partial charge in [-0.05, 0) is 83.5 Å². The first-order chi connectivity index (χ1) is 34.6. The molecular formula is C57H98O14. The van der Waals surface area contributed by atoms with Crippen molar-refractivity contribution in [2.45, 2.75) is 248 Å². The number of carbonyl (C=O) groups is 1. The number of carbonyl (C=O) groups excluding carboxylic acids is 1. The number of rotatable bonds is 43. The lowest BCUT2D eigenvalue weighted by atomic mass is 9.98. The Kier molecular flexibility index (Phi) is 39.8. The van der Waals surface area contributed by atoms with Crippen LogP contribution in [0.3, 0.4) is 0 Å². The fraction of sp³-hybridized carbons (Fsp3) is 0.772. The zero-order valence-electron chi connectivity index (χ0n) is 43.7. The first-order valence-electron chi connectivity index (χ1n) is 27.5. The summed E-state index contributed by atoms with van der Waals surface area (Å²) >= 11 is 0. The third-order valence-corrected chi connectivity index (χ3v) is 12.7. The second kappa shape index (κ2) is 43.8. The molecule has 2 aliphatic rings. The third kappa shape index (κ3) is 31.0. The fourth-order valence-electron chi connectivity index (χ4n) is 8.25. The standard InChI is InChI=1S/C57H98O14/c1-3-5-7-9-11-13-15-17-19-21-22-23-24-25-26-28-30-32-34-36-38-40-49(59)69-46(43-66-41-39-37-35-33-31-29-27-20-18-16-14-12-10-8-6-4-2)44-67-56-55(65)53(63)51(61)48(71-56)45-68-57-54(64)52(62)50(60)47(42-58)70-57/h6,8,12,14-15,17-18,20-22,29,31,46-48,50-58,60-65H,3-5,7,9-11,13,16,19,23-28,30,32-45H2,1-2H3/b8-6-,14-12-,17-15-,20-18-,22-21-,31-29-. The van der Waals surface area contributed by atoms with Crippen LogP contribution in [0.2, 0.25) is 0 Å². The minimum atomic E-state index is -1.72. The summed E-state index contributed by atoms with van der Waals surface area (Å²) in [5.74, 6) is -0.394. The van der Waals surface area contributed by atoms with E-state index in [-0.39, 0.29) is 19.6 Å². The molecule has 7 N–H and O–H groups in total. The molecule has 11 unspecified atom stereocenters. The minimum Gasteiger partial charge on any atom is -0.457 e. The molecule has 2 saturated heterocycles. The lowest BCUT2D eigenvalue weighted by Crippen LogP contribution is -2.61. The van der Waals surface area contributed by atoms with Crippen LogP contribution in [0.4, 0.5) is 0 Å². The van der Waals surface area contributed by atoms with Gasteiger partial charge < -0.3 is 64.2 Å². The molecule has 0 aromatic heterocycles. The Balaban J connectivity index is 1.75. The van der Waals surface area contributed by atoms with Gasteiger partial charge >= 0.3 is 5.97 Å². The van der Waals surface area contributed by atoms with E-state index in [1.807, 2.05) is 0 Å². The predicted molar refractivity (Wildman–Crippen MR) is 279 cm³/mol. The second-order valence-electron chi connectivity index (χ2n) is 19.0. The normalized spacial score (nSPS) is 25.9. The van der Waals surface area contributed by atoms with Crippen LogP contribution in [0, 0.1) is 0 Å². The number of esters is 1. The summed E-state index contributed by atoms with van der Waals surface area (Å²) in [6.45, 7) is 3.47. The number of hydrogen-bond donors (Lipinski definition) is 7. The van der Waals surface area contributed by atoms with E-state index in [4.69, 9.17) is 28.4 Å². The molecule has 2 fully saturated rings. The molecule has 0 aliphatic carbocycles. The molecule has 14 nitrogen and oxygen atoms in total. The number of ether oxygens (including phenoxy) is 6. The third-order valence-electron chi connectivity index (χ3n) is 12.7. The van der Waals surface area contributed by atoms with E-state index in [0.717, 1.165) is 83.5 Å². The number of hydrogen-bond acceptors (Lipinski definition) is 14. The lowest BCUT2D eigenvalue weighted by molar-refractivity contribution is -0.332. The summed E-state index contributed by atoms with van der Waals surface area (Å²) in [7, 11) is 0. The molecule has 14 heteroatoms. The van der Waals surface area contributed by atoms with E-state index in [1.165, 1.54) is 70.6 Å². The highest BCUT2D eigenvalue weighted by molar-refractivity contribution is 5.69. The maximum Gasteiger partial charge on any atom is 0.306 e. The molecule has 0 aromatic rings. The van der Waals surface area contributed by atoms with Crippen molar-refractivity contribution < 1.29 is 69.0 Å². The predicted octanol–water partition coefficient (Wildman–Crippen LogP) is 9.08. The molecule has 11 atom stereocenters. The Morgan fingerprint density at radius 2 is 0.915 bits per heavy atom. The largest absolute Gasteiger partial charge is 0.457 e. The van der Waals surface area contributed by atoms with Crippen molar-refractivity contribution >= 4 is 5.97 Å². The van der Waals surface area contributed by atoms with Gasteiger partial charge in [-0.3, -0.25) is 4.79 Å². The lowest BCUT2D eigenvalue weighted by Gasteiger charge is -2.42. The highest BCUT2D eigenvalue weighted by atomic mass is 16.7. The van der Waals surface area contributed by atoms with Crippen molar-refractivity contribution in [2.75, 3.05) is 33.0 Å². The molecule has 0 amide bonds. The second-order valence-corrected chi connectivity index (χ2v) is 19.0. The van der Waals surface area contributed by atoms with Crippen LogP contribution in [0.5, 0.6) is 0 Å². The first kappa shape index (κ1) is 64.5. The smallest absolute Gasteiger partial charge is 0.306 e. The molecule has 0 bridgehead atoms. The molecule has 2 heterocycles. The van der Waals surface area contributed by atoms with Crippen LogP contribution in [0.25, 0.3) is 0 Å². The summed E-state index contributed by atoms with van der Waals surface area (Å²) in [6, 6.07) is 0. The molecule has 0 radical (unpaired) electrons. The topological polar surface area (TPSA) is 214 Å². The minimum absolute atomic E-state index is 0.0349. The van der Waals surface area contributed by atoms with Crippen molar-refractivity contribution in [3.63, 3.8) is 0 Å². The van der Waals surface area contributed by atoms with Gasteiger partial charge in [0.2, 0.25) is 0 Å². The first-order valence-corrected chi connectivity index (χ1v) is 27.5. The highest BCUT2D eigenvalue weighted by Crippen LogP contribution is 2.26. The molecule has 71 heavy (non-hydrogen) atoms. The summed E-state index contributed by atoms with van der Waals surface area (Å²) in [4.78, 5) is 13.1.